The van der Waals surface area contributed by atoms with Crippen LogP contribution >= 0.6 is 0 Å². The average Bonchev–Trinajstić information content (AvgIpc) is 3.16. The van der Waals surface area contributed by atoms with Crippen LogP contribution in [0.1, 0.15) is 25.5 Å². The van der Waals surface area contributed by atoms with Crippen molar-refractivity contribution in [2.24, 2.45) is 0 Å². The zero-order valence-corrected chi connectivity index (χ0v) is 11.5. The molecule has 0 amide bonds. The lowest BCUT2D eigenvalue weighted by molar-refractivity contribution is 0.328. The smallest absolute Gasteiger partial charge is 0.242 e. The number of nitrogens with two attached hydrogens (primary N) is 1. The molecule has 3 rings (SSSR count). The van der Waals surface area contributed by atoms with E-state index in [1.165, 1.54) is 6.33 Å². The molecule has 1 aliphatic carbocycles. The van der Waals surface area contributed by atoms with Crippen molar-refractivity contribution < 1.29 is 9.15 Å². The van der Waals surface area contributed by atoms with Gasteiger partial charge in [-0.15, -0.1) is 0 Å². The van der Waals surface area contributed by atoms with Crippen molar-refractivity contribution in [3.63, 3.8) is 0 Å². The first kappa shape index (κ1) is 12.8. The van der Waals surface area contributed by atoms with Crippen LogP contribution in [0.25, 0.3) is 0 Å². The minimum atomic E-state index is 0.447. The largest absolute Gasteiger partial charge is 0.476 e. The monoisotopic (exact) mass is 274 g/mol. The Bertz CT molecular complexity index is 567. The van der Waals surface area contributed by atoms with E-state index in [1.807, 2.05) is 19.1 Å². The van der Waals surface area contributed by atoms with Crippen LogP contribution in [0, 0.1) is 0 Å². The third kappa shape index (κ3) is 2.54. The van der Waals surface area contributed by atoms with Gasteiger partial charge < -0.3 is 19.8 Å². The van der Waals surface area contributed by atoms with Crippen molar-refractivity contribution in [2.45, 2.75) is 32.4 Å². The molecular formula is C14H18N4O2. The van der Waals surface area contributed by atoms with Gasteiger partial charge >= 0.3 is 0 Å². The quantitative estimate of drug-likeness (QED) is 0.870. The van der Waals surface area contributed by atoms with E-state index in [1.54, 1.807) is 6.26 Å². The summed E-state index contributed by atoms with van der Waals surface area (Å²) < 4.78 is 10.9. The normalized spacial score (nSPS) is 14.2. The molecule has 6 nitrogen and oxygen atoms in total. The Hall–Kier alpha value is -2.24. The lowest BCUT2D eigenvalue weighted by Crippen LogP contribution is -2.27. The first-order valence-electron chi connectivity index (χ1n) is 6.82. The van der Waals surface area contributed by atoms with Crippen LogP contribution in [-0.2, 0) is 6.54 Å². The fourth-order valence-electron chi connectivity index (χ4n) is 2.18. The SMILES string of the molecule is CCOc1ncnc(N(Cc2ccco2)C2CC2)c1N. The molecule has 1 fully saturated rings. The highest BCUT2D eigenvalue weighted by atomic mass is 16.5. The molecule has 2 aromatic rings. The fourth-order valence-corrected chi connectivity index (χ4v) is 2.18. The Balaban J connectivity index is 1.89. The highest BCUT2D eigenvalue weighted by Crippen LogP contribution is 2.37. The minimum Gasteiger partial charge on any atom is -0.476 e. The molecule has 1 aliphatic rings. The van der Waals surface area contributed by atoms with Crippen molar-refractivity contribution in [1.82, 2.24) is 9.97 Å². The summed E-state index contributed by atoms with van der Waals surface area (Å²) in [6, 6.07) is 4.30. The minimum absolute atomic E-state index is 0.447. The molecule has 0 aliphatic heterocycles. The van der Waals surface area contributed by atoms with Crippen molar-refractivity contribution >= 4 is 11.5 Å². The third-order valence-corrected chi connectivity index (χ3v) is 3.27. The van der Waals surface area contributed by atoms with Gasteiger partial charge in [-0.1, -0.05) is 0 Å². The third-order valence-electron chi connectivity index (χ3n) is 3.27. The summed E-state index contributed by atoms with van der Waals surface area (Å²) in [5.41, 5.74) is 6.64. The molecular weight excluding hydrogens is 256 g/mol. The molecule has 2 heterocycles. The van der Waals surface area contributed by atoms with Gasteiger partial charge in [-0.05, 0) is 31.9 Å². The molecule has 6 heteroatoms. The molecule has 2 aromatic heterocycles. The molecule has 0 radical (unpaired) electrons. The summed E-state index contributed by atoms with van der Waals surface area (Å²) in [4.78, 5) is 10.6. The molecule has 0 atom stereocenters. The molecule has 0 spiro atoms. The Kier molecular flexibility index (Phi) is 3.45. The average molecular weight is 274 g/mol. The summed E-state index contributed by atoms with van der Waals surface area (Å²) >= 11 is 0. The van der Waals surface area contributed by atoms with Crippen molar-refractivity contribution in [3.8, 4) is 5.88 Å². The highest BCUT2D eigenvalue weighted by Gasteiger charge is 2.32. The highest BCUT2D eigenvalue weighted by molar-refractivity contribution is 5.68. The fraction of sp³-hybridized carbons (Fsp3) is 0.429. The number of aromatic nitrogens is 2. The van der Waals surface area contributed by atoms with Crippen molar-refractivity contribution in [2.75, 3.05) is 17.2 Å². The summed E-state index contributed by atoms with van der Waals surface area (Å²) in [6.45, 7) is 3.09. The zero-order valence-electron chi connectivity index (χ0n) is 11.5. The second-order valence-electron chi connectivity index (χ2n) is 4.79. The number of nitrogens with zero attached hydrogens (tertiary/aromatic N) is 3. The predicted molar refractivity (Wildman–Crippen MR) is 75.5 cm³/mol. The Labute approximate surface area is 117 Å². The lowest BCUT2D eigenvalue weighted by atomic mass is 10.3. The van der Waals surface area contributed by atoms with Crippen molar-refractivity contribution in [3.05, 3.63) is 30.5 Å². The molecule has 20 heavy (non-hydrogen) atoms. The van der Waals surface area contributed by atoms with Crippen LogP contribution in [-0.4, -0.2) is 22.6 Å². The van der Waals surface area contributed by atoms with E-state index < -0.39 is 0 Å². The van der Waals surface area contributed by atoms with Gasteiger partial charge in [0, 0.05) is 6.04 Å². The molecule has 0 saturated heterocycles. The standard InChI is InChI=1S/C14H18N4O2/c1-2-19-14-12(15)13(16-9-17-14)18(10-5-6-10)8-11-4-3-7-20-11/h3-4,7,9-10H,2,5-6,8,15H2,1H3. The molecule has 106 valence electrons. The summed E-state index contributed by atoms with van der Waals surface area (Å²) in [7, 11) is 0. The van der Waals surface area contributed by atoms with E-state index >= 15 is 0 Å². The van der Waals surface area contributed by atoms with E-state index in [0.717, 1.165) is 24.4 Å². The van der Waals surface area contributed by atoms with E-state index in [0.29, 0.717) is 30.8 Å². The van der Waals surface area contributed by atoms with Gasteiger partial charge in [0.1, 0.15) is 17.8 Å². The molecule has 0 bridgehead atoms. The number of hydrogen-bond acceptors (Lipinski definition) is 6. The van der Waals surface area contributed by atoms with Gasteiger partial charge in [-0.25, -0.2) is 4.98 Å². The number of ether oxygens (including phenoxy) is 1. The summed E-state index contributed by atoms with van der Waals surface area (Å²) in [5, 5.41) is 0. The maximum atomic E-state index is 6.14. The summed E-state index contributed by atoms with van der Waals surface area (Å²) in [5.74, 6) is 2.07. The summed E-state index contributed by atoms with van der Waals surface area (Å²) in [6.07, 6.45) is 5.46. The first-order chi connectivity index (χ1) is 9.79. The van der Waals surface area contributed by atoms with Crippen LogP contribution in [0.15, 0.2) is 29.1 Å². The Morgan fingerprint density at radius 3 is 2.95 bits per heavy atom. The number of nitrogen functional groups attached to an aromatic ring is 1. The second kappa shape index (κ2) is 5.40. The maximum Gasteiger partial charge on any atom is 0.242 e. The zero-order chi connectivity index (χ0) is 13.9. The molecule has 0 aromatic carbocycles. The second-order valence-corrected chi connectivity index (χ2v) is 4.79. The number of rotatable bonds is 6. The first-order valence-corrected chi connectivity index (χ1v) is 6.82. The molecule has 1 saturated carbocycles. The van der Waals surface area contributed by atoms with Crippen LogP contribution in [0.2, 0.25) is 0 Å². The van der Waals surface area contributed by atoms with E-state index in [2.05, 4.69) is 14.9 Å². The van der Waals surface area contributed by atoms with Gasteiger partial charge in [0.2, 0.25) is 5.88 Å². The Morgan fingerprint density at radius 2 is 2.30 bits per heavy atom. The van der Waals surface area contributed by atoms with Crippen LogP contribution in [0.4, 0.5) is 11.5 Å². The van der Waals surface area contributed by atoms with Gasteiger partial charge in [0.05, 0.1) is 19.4 Å². The van der Waals surface area contributed by atoms with E-state index in [4.69, 9.17) is 14.9 Å². The van der Waals surface area contributed by atoms with Gasteiger partial charge in [0.15, 0.2) is 5.82 Å². The van der Waals surface area contributed by atoms with Gasteiger partial charge in [0.25, 0.3) is 0 Å². The maximum absolute atomic E-state index is 6.14. The Morgan fingerprint density at radius 1 is 1.45 bits per heavy atom. The number of anilines is 2. The van der Waals surface area contributed by atoms with Crippen LogP contribution < -0.4 is 15.4 Å². The predicted octanol–water partition coefficient (Wildman–Crippen LogP) is 2.22. The number of hydrogen-bond donors (Lipinski definition) is 1. The molecule has 0 unspecified atom stereocenters. The van der Waals surface area contributed by atoms with E-state index in [9.17, 15) is 0 Å². The lowest BCUT2D eigenvalue weighted by Gasteiger charge is -2.24. The van der Waals surface area contributed by atoms with Crippen LogP contribution in [0.5, 0.6) is 5.88 Å². The van der Waals surface area contributed by atoms with Crippen molar-refractivity contribution in [1.29, 1.82) is 0 Å². The van der Waals surface area contributed by atoms with Crippen LogP contribution in [0.3, 0.4) is 0 Å². The van der Waals surface area contributed by atoms with Gasteiger partial charge in [-0.3, -0.25) is 0 Å². The van der Waals surface area contributed by atoms with E-state index in [-0.39, 0.29) is 0 Å². The molecule has 2 N–H and O–H groups in total. The topological polar surface area (TPSA) is 77.4 Å². The van der Waals surface area contributed by atoms with Gasteiger partial charge in [-0.2, -0.15) is 4.98 Å². The number of furan rings is 1.